The molecule has 0 bridgehead atoms. The molecule has 0 spiro atoms. The highest BCUT2D eigenvalue weighted by atomic mass is 14.6. The van der Waals surface area contributed by atoms with Crippen molar-refractivity contribution in [1.82, 2.24) is 0 Å². The lowest BCUT2D eigenvalue weighted by atomic mass is 9.91. The highest BCUT2D eigenvalue weighted by Gasteiger charge is 2.14. The number of nitrogens with two attached hydrogens (primary N) is 2. The zero-order valence-corrected chi connectivity index (χ0v) is 12.0. The zero-order valence-electron chi connectivity index (χ0n) is 12.0. The zero-order chi connectivity index (χ0) is 14.8. The summed E-state index contributed by atoms with van der Waals surface area (Å²) >= 11 is 0. The minimum absolute atomic E-state index is 0.743. The van der Waals surface area contributed by atoms with Gasteiger partial charge in [0.15, 0.2) is 0 Å². The Kier molecular flexibility index (Phi) is 3.36. The lowest BCUT2D eigenvalue weighted by Gasteiger charge is -2.16. The molecule has 3 aromatic rings. The number of aryl methyl sites for hydroxylation is 1. The number of benzene rings is 3. The monoisotopic (exact) mass is 274 g/mol. The van der Waals surface area contributed by atoms with Crippen LogP contribution in [0.5, 0.6) is 0 Å². The standard InChI is InChI=1S/C19H18N2/c1-13-6-5-9-15(12-13)19-17(21)11-10-16(20)18(19)14-7-3-2-4-8-14/h2-12H,20-21H2,1H3. The molecular weight excluding hydrogens is 256 g/mol. The molecule has 3 rings (SSSR count). The molecule has 2 nitrogen and oxygen atoms in total. The molecule has 3 aromatic carbocycles. The van der Waals surface area contributed by atoms with Gasteiger partial charge in [-0.2, -0.15) is 0 Å². The fourth-order valence-corrected chi connectivity index (χ4v) is 2.66. The van der Waals surface area contributed by atoms with Gasteiger partial charge in [0.05, 0.1) is 0 Å². The third-order valence-corrected chi connectivity index (χ3v) is 3.64. The minimum atomic E-state index is 0.743. The quantitative estimate of drug-likeness (QED) is 0.676. The van der Waals surface area contributed by atoms with Gasteiger partial charge in [-0.3, -0.25) is 0 Å². The predicted molar refractivity (Wildman–Crippen MR) is 90.9 cm³/mol. The van der Waals surface area contributed by atoms with Crippen LogP contribution in [0.15, 0.2) is 66.7 Å². The van der Waals surface area contributed by atoms with Crippen molar-refractivity contribution in [2.45, 2.75) is 6.92 Å². The van der Waals surface area contributed by atoms with E-state index in [9.17, 15) is 0 Å². The van der Waals surface area contributed by atoms with E-state index in [1.807, 2.05) is 36.4 Å². The molecule has 21 heavy (non-hydrogen) atoms. The molecule has 0 amide bonds. The summed E-state index contributed by atoms with van der Waals surface area (Å²) in [4.78, 5) is 0. The van der Waals surface area contributed by atoms with Crippen molar-refractivity contribution < 1.29 is 0 Å². The normalized spacial score (nSPS) is 10.5. The van der Waals surface area contributed by atoms with Crippen LogP contribution in [0.4, 0.5) is 11.4 Å². The first-order valence-electron chi connectivity index (χ1n) is 6.97. The van der Waals surface area contributed by atoms with Crippen molar-refractivity contribution in [3.8, 4) is 22.3 Å². The SMILES string of the molecule is Cc1cccc(-c2c(N)ccc(N)c2-c2ccccc2)c1. The first-order chi connectivity index (χ1) is 10.2. The van der Waals surface area contributed by atoms with Crippen LogP contribution < -0.4 is 11.5 Å². The van der Waals surface area contributed by atoms with E-state index in [1.165, 1.54) is 5.56 Å². The molecule has 104 valence electrons. The molecule has 0 fully saturated rings. The Morgan fingerprint density at radius 1 is 0.619 bits per heavy atom. The van der Waals surface area contributed by atoms with Gasteiger partial charge < -0.3 is 11.5 Å². The molecule has 0 saturated carbocycles. The third kappa shape index (κ3) is 2.48. The maximum Gasteiger partial charge on any atom is 0.0401 e. The van der Waals surface area contributed by atoms with Crippen molar-refractivity contribution in [3.63, 3.8) is 0 Å². The smallest absolute Gasteiger partial charge is 0.0401 e. The molecule has 0 aliphatic heterocycles. The fraction of sp³-hybridized carbons (Fsp3) is 0.0526. The van der Waals surface area contributed by atoms with Crippen LogP contribution in [0.2, 0.25) is 0 Å². The van der Waals surface area contributed by atoms with E-state index in [2.05, 4.69) is 37.3 Å². The largest absolute Gasteiger partial charge is 0.398 e. The first-order valence-corrected chi connectivity index (χ1v) is 6.97. The Labute approximate surface area is 125 Å². The van der Waals surface area contributed by atoms with Crippen LogP contribution >= 0.6 is 0 Å². The van der Waals surface area contributed by atoms with Crippen molar-refractivity contribution in [2.24, 2.45) is 0 Å². The van der Waals surface area contributed by atoms with E-state index in [-0.39, 0.29) is 0 Å². The average Bonchev–Trinajstić information content (AvgIpc) is 2.50. The molecule has 0 aromatic heterocycles. The van der Waals surface area contributed by atoms with Crippen LogP contribution in [0.1, 0.15) is 5.56 Å². The summed E-state index contributed by atoms with van der Waals surface area (Å²) in [7, 11) is 0. The topological polar surface area (TPSA) is 52.0 Å². The molecule has 0 aliphatic carbocycles. The van der Waals surface area contributed by atoms with Gasteiger partial charge in [-0.05, 0) is 30.2 Å². The molecule has 0 atom stereocenters. The Bertz CT molecular complexity index is 777. The molecule has 0 radical (unpaired) electrons. The van der Waals surface area contributed by atoms with Gasteiger partial charge in [-0.15, -0.1) is 0 Å². The summed E-state index contributed by atoms with van der Waals surface area (Å²) in [6, 6.07) is 22.2. The number of hydrogen-bond donors (Lipinski definition) is 2. The summed E-state index contributed by atoms with van der Waals surface area (Å²) in [5.41, 5.74) is 19.4. The van der Waals surface area contributed by atoms with Crippen molar-refractivity contribution in [2.75, 3.05) is 11.5 Å². The molecule has 2 heteroatoms. The number of nitrogen functional groups attached to an aromatic ring is 2. The summed E-state index contributed by atoms with van der Waals surface area (Å²) in [5, 5.41) is 0. The molecule has 4 N–H and O–H groups in total. The summed E-state index contributed by atoms with van der Waals surface area (Å²) in [5.74, 6) is 0. The highest BCUT2D eigenvalue weighted by Crippen LogP contribution is 2.40. The molecule has 0 saturated heterocycles. The van der Waals surface area contributed by atoms with Gasteiger partial charge in [0, 0.05) is 22.5 Å². The molecule has 0 aliphatic rings. The average molecular weight is 274 g/mol. The van der Waals surface area contributed by atoms with Crippen molar-refractivity contribution in [1.29, 1.82) is 0 Å². The van der Waals surface area contributed by atoms with Crippen molar-refractivity contribution >= 4 is 11.4 Å². The van der Waals surface area contributed by atoms with Crippen LogP contribution in [0.25, 0.3) is 22.3 Å². The molecular formula is C19H18N2. The van der Waals surface area contributed by atoms with Gasteiger partial charge in [-0.1, -0.05) is 60.2 Å². The van der Waals surface area contributed by atoms with Gasteiger partial charge in [-0.25, -0.2) is 0 Å². The predicted octanol–water partition coefficient (Wildman–Crippen LogP) is 4.49. The van der Waals surface area contributed by atoms with Crippen LogP contribution in [-0.2, 0) is 0 Å². The van der Waals surface area contributed by atoms with Gasteiger partial charge in [0.2, 0.25) is 0 Å². The molecule has 0 unspecified atom stereocenters. The third-order valence-electron chi connectivity index (χ3n) is 3.64. The second-order valence-electron chi connectivity index (χ2n) is 5.23. The van der Waals surface area contributed by atoms with E-state index in [4.69, 9.17) is 11.5 Å². The first kappa shape index (κ1) is 13.3. The van der Waals surface area contributed by atoms with Crippen LogP contribution in [-0.4, -0.2) is 0 Å². The maximum atomic E-state index is 6.25. The summed E-state index contributed by atoms with van der Waals surface area (Å²) < 4.78 is 0. The summed E-state index contributed by atoms with van der Waals surface area (Å²) in [6.07, 6.45) is 0. The fourth-order valence-electron chi connectivity index (χ4n) is 2.66. The number of hydrogen-bond acceptors (Lipinski definition) is 2. The van der Waals surface area contributed by atoms with Crippen LogP contribution in [0, 0.1) is 6.92 Å². The van der Waals surface area contributed by atoms with Gasteiger partial charge in [0.1, 0.15) is 0 Å². The maximum absolute atomic E-state index is 6.25. The van der Waals surface area contributed by atoms with E-state index in [0.29, 0.717) is 0 Å². The van der Waals surface area contributed by atoms with E-state index in [0.717, 1.165) is 33.6 Å². The highest BCUT2D eigenvalue weighted by molar-refractivity contribution is 5.97. The second kappa shape index (κ2) is 5.33. The molecule has 0 heterocycles. The van der Waals surface area contributed by atoms with Gasteiger partial charge >= 0.3 is 0 Å². The summed E-state index contributed by atoms with van der Waals surface area (Å²) in [6.45, 7) is 2.08. The van der Waals surface area contributed by atoms with E-state index < -0.39 is 0 Å². The van der Waals surface area contributed by atoms with Crippen molar-refractivity contribution in [3.05, 3.63) is 72.3 Å². The van der Waals surface area contributed by atoms with Gasteiger partial charge in [0.25, 0.3) is 0 Å². The minimum Gasteiger partial charge on any atom is -0.398 e. The van der Waals surface area contributed by atoms with E-state index in [1.54, 1.807) is 0 Å². The second-order valence-corrected chi connectivity index (χ2v) is 5.23. The Morgan fingerprint density at radius 2 is 1.19 bits per heavy atom. The number of anilines is 2. The number of rotatable bonds is 2. The Balaban J connectivity index is 2.32. The van der Waals surface area contributed by atoms with E-state index >= 15 is 0 Å². The van der Waals surface area contributed by atoms with Crippen LogP contribution in [0.3, 0.4) is 0 Å². The Hall–Kier alpha value is -2.74. The lowest BCUT2D eigenvalue weighted by Crippen LogP contribution is -1.98. The lowest BCUT2D eigenvalue weighted by molar-refractivity contribution is 1.46. The Morgan fingerprint density at radius 3 is 1.81 bits per heavy atom.